The number of fused-ring (bicyclic) bond motifs is 1. The summed E-state index contributed by atoms with van der Waals surface area (Å²) in [5.74, 6) is 0.838. The lowest BCUT2D eigenvalue weighted by Crippen LogP contribution is -2.24. The third kappa shape index (κ3) is 4.09. The van der Waals surface area contributed by atoms with E-state index in [1.807, 2.05) is 48.8 Å². The van der Waals surface area contributed by atoms with Gasteiger partial charge in [0, 0.05) is 19.8 Å². The zero-order chi connectivity index (χ0) is 21.5. The number of carbonyl (C=O) groups excluding carboxylic acids is 1. The second kappa shape index (κ2) is 7.46. The predicted molar refractivity (Wildman–Crippen MR) is 118 cm³/mol. The molecule has 0 unspecified atom stereocenters. The molecule has 7 heteroatoms. The van der Waals surface area contributed by atoms with E-state index in [2.05, 4.69) is 44.9 Å². The van der Waals surface area contributed by atoms with E-state index in [1.165, 1.54) is 0 Å². The van der Waals surface area contributed by atoms with Crippen LogP contribution >= 0.6 is 0 Å². The van der Waals surface area contributed by atoms with E-state index in [4.69, 9.17) is 10.1 Å². The molecule has 0 saturated carbocycles. The van der Waals surface area contributed by atoms with Gasteiger partial charge >= 0.3 is 0 Å². The third-order valence-electron chi connectivity index (χ3n) is 4.77. The van der Waals surface area contributed by atoms with Crippen LogP contribution in [-0.4, -0.2) is 39.8 Å². The van der Waals surface area contributed by atoms with Crippen LogP contribution in [0.4, 0.5) is 11.5 Å². The number of pyridine rings is 2. The molecule has 3 aromatic heterocycles. The first-order chi connectivity index (χ1) is 13.5. The predicted octanol–water partition coefficient (Wildman–Crippen LogP) is 4.33. The summed E-state index contributed by atoms with van der Waals surface area (Å²) < 4.78 is 1.91. The molecule has 0 bridgehead atoms. The van der Waals surface area contributed by atoms with E-state index in [1.54, 1.807) is 6.20 Å². The number of carbonyl (C=O) groups is 1. The van der Waals surface area contributed by atoms with Gasteiger partial charge in [0.1, 0.15) is 5.82 Å². The molecule has 29 heavy (non-hydrogen) atoms. The van der Waals surface area contributed by atoms with Gasteiger partial charge in [0.25, 0.3) is 5.91 Å². The van der Waals surface area contributed by atoms with Crippen molar-refractivity contribution in [2.45, 2.75) is 53.0 Å². The molecule has 0 fully saturated rings. The first kappa shape index (κ1) is 20.8. The minimum Gasteiger partial charge on any atom is -0.363 e. The summed E-state index contributed by atoms with van der Waals surface area (Å²) in [5.41, 5.74) is 3.40. The Balaban J connectivity index is 2.09. The topological polar surface area (TPSA) is 75.9 Å². The Kier molecular flexibility index (Phi) is 5.34. The van der Waals surface area contributed by atoms with Crippen molar-refractivity contribution in [2.24, 2.45) is 0 Å². The van der Waals surface area contributed by atoms with Crippen molar-refractivity contribution in [3.8, 4) is 0 Å². The highest BCUT2D eigenvalue weighted by molar-refractivity contribution is 6.12. The van der Waals surface area contributed by atoms with Crippen LogP contribution in [0.25, 0.3) is 11.0 Å². The summed E-state index contributed by atoms with van der Waals surface area (Å²) in [6.45, 7) is 12.3. The molecular weight excluding hydrogens is 364 g/mol. The summed E-state index contributed by atoms with van der Waals surface area (Å²) in [4.78, 5) is 24.3. The smallest absolute Gasteiger partial charge is 0.256 e. The molecule has 0 atom stereocenters. The van der Waals surface area contributed by atoms with Crippen molar-refractivity contribution in [2.75, 3.05) is 24.3 Å². The van der Waals surface area contributed by atoms with Gasteiger partial charge in [0.05, 0.1) is 34.1 Å². The monoisotopic (exact) mass is 394 g/mol. The van der Waals surface area contributed by atoms with Crippen LogP contribution in [0.1, 0.15) is 62.3 Å². The zero-order valence-electron chi connectivity index (χ0n) is 18.5. The van der Waals surface area contributed by atoms with Gasteiger partial charge in [-0.25, -0.2) is 14.6 Å². The highest BCUT2D eigenvalue weighted by Crippen LogP contribution is 2.29. The Morgan fingerprint density at radius 2 is 1.90 bits per heavy atom. The van der Waals surface area contributed by atoms with Gasteiger partial charge in [-0.05, 0) is 51.8 Å². The number of rotatable bonds is 4. The van der Waals surface area contributed by atoms with Crippen LogP contribution in [0, 0.1) is 6.92 Å². The highest BCUT2D eigenvalue weighted by Gasteiger charge is 2.25. The molecule has 0 saturated heterocycles. The molecule has 154 valence electrons. The van der Waals surface area contributed by atoms with Crippen LogP contribution < -0.4 is 10.2 Å². The maximum atomic E-state index is 13.2. The largest absolute Gasteiger partial charge is 0.363 e. The van der Waals surface area contributed by atoms with Gasteiger partial charge in [-0.1, -0.05) is 13.8 Å². The van der Waals surface area contributed by atoms with Crippen molar-refractivity contribution in [3.63, 3.8) is 0 Å². The quantitative estimate of drug-likeness (QED) is 0.713. The number of aryl methyl sites for hydroxylation is 1. The summed E-state index contributed by atoms with van der Waals surface area (Å²) in [6.07, 6.45) is 1.67. The molecule has 3 rings (SSSR count). The molecule has 0 aliphatic rings. The number of amides is 1. The average Bonchev–Trinajstić information content (AvgIpc) is 2.98. The van der Waals surface area contributed by atoms with E-state index < -0.39 is 0 Å². The second-order valence-corrected chi connectivity index (χ2v) is 8.87. The summed E-state index contributed by atoms with van der Waals surface area (Å²) in [5, 5.41) is 8.46. The summed E-state index contributed by atoms with van der Waals surface area (Å²) >= 11 is 0. The molecule has 0 aliphatic heterocycles. The standard InChI is InChI=1S/C22H30N6O/c1-13(2)17-11-16(19-14(3)26-28(20(19)25-17)22(4,5)6)21(29)24-15-9-10-18(23-12-15)27(7)8/h9-13H,1-8H3,(H,24,29). The van der Waals surface area contributed by atoms with Crippen LogP contribution in [0.5, 0.6) is 0 Å². The van der Waals surface area contributed by atoms with Gasteiger partial charge in [0.15, 0.2) is 5.65 Å². The number of hydrogen-bond donors (Lipinski definition) is 1. The van der Waals surface area contributed by atoms with Crippen LogP contribution in [-0.2, 0) is 5.54 Å². The number of nitrogens with zero attached hydrogens (tertiary/aromatic N) is 5. The molecular formula is C22H30N6O. The summed E-state index contributed by atoms with van der Waals surface area (Å²) in [7, 11) is 3.86. The Hall–Kier alpha value is -2.96. The first-order valence-corrected chi connectivity index (χ1v) is 9.84. The van der Waals surface area contributed by atoms with Gasteiger partial charge < -0.3 is 10.2 Å². The third-order valence-corrected chi connectivity index (χ3v) is 4.77. The number of aromatic nitrogens is 4. The average molecular weight is 395 g/mol. The SMILES string of the molecule is Cc1nn(C(C)(C)C)c2nc(C(C)C)cc(C(=O)Nc3ccc(N(C)C)nc3)c12. The molecule has 3 heterocycles. The van der Waals surface area contributed by atoms with Crippen molar-refractivity contribution in [1.82, 2.24) is 19.7 Å². The molecule has 0 radical (unpaired) electrons. The van der Waals surface area contributed by atoms with E-state index >= 15 is 0 Å². The molecule has 1 N–H and O–H groups in total. The Labute approximate surface area is 172 Å². The van der Waals surface area contributed by atoms with Gasteiger partial charge in [0.2, 0.25) is 0 Å². The molecule has 3 aromatic rings. The van der Waals surface area contributed by atoms with E-state index in [0.29, 0.717) is 11.3 Å². The highest BCUT2D eigenvalue weighted by atomic mass is 16.1. The van der Waals surface area contributed by atoms with E-state index in [0.717, 1.165) is 28.2 Å². The lowest BCUT2D eigenvalue weighted by molar-refractivity contribution is 0.102. The normalized spacial score (nSPS) is 11.9. The number of nitrogens with one attached hydrogen (secondary N) is 1. The fourth-order valence-electron chi connectivity index (χ4n) is 3.17. The number of hydrogen-bond acceptors (Lipinski definition) is 5. The molecule has 0 aromatic carbocycles. The maximum Gasteiger partial charge on any atom is 0.256 e. The Morgan fingerprint density at radius 1 is 1.21 bits per heavy atom. The van der Waals surface area contributed by atoms with E-state index in [-0.39, 0.29) is 17.4 Å². The number of anilines is 2. The zero-order valence-corrected chi connectivity index (χ0v) is 18.5. The van der Waals surface area contributed by atoms with Crippen LogP contribution in [0.15, 0.2) is 24.4 Å². The van der Waals surface area contributed by atoms with Crippen molar-refractivity contribution >= 4 is 28.4 Å². The lowest BCUT2D eigenvalue weighted by Gasteiger charge is -2.20. The van der Waals surface area contributed by atoms with Gasteiger partial charge in [-0.2, -0.15) is 5.10 Å². The first-order valence-electron chi connectivity index (χ1n) is 9.84. The fraction of sp³-hybridized carbons (Fsp3) is 0.455. The van der Waals surface area contributed by atoms with Crippen molar-refractivity contribution < 1.29 is 4.79 Å². The second-order valence-electron chi connectivity index (χ2n) is 8.87. The van der Waals surface area contributed by atoms with Gasteiger partial charge in [-0.3, -0.25) is 4.79 Å². The molecule has 0 aliphatic carbocycles. The van der Waals surface area contributed by atoms with Gasteiger partial charge in [-0.15, -0.1) is 0 Å². The van der Waals surface area contributed by atoms with E-state index in [9.17, 15) is 4.79 Å². The minimum atomic E-state index is -0.241. The lowest BCUT2D eigenvalue weighted by atomic mass is 10.0. The Bertz CT molecular complexity index is 1040. The maximum absolute atomic E-state index is 13.2. The molecule has 7 nitrogen and oxygen atoms in total. The minimum absolute atomic E-state index is 0.185. The van der Waals surface area contributed by atoms with Crippen LogP contribution in [0.3, 0.4) is 0 Å². The molecule has 0 spiro atoms. The molecule has 1 amide bonds. The van der Waals surface area contributed by atoms with Crippen molar-refractivity contribution in [1.29, 1.82) is 0 Å². The Morgan fingerprint density at radius 3 is 2.41 bits per heavy atom. The fourth-order valence-corrected chi connectivity index (χ4v) is 3.17. The van der Waals surface area contributed by atoms with Crippen molar-refractivity contribution in [3.05, 3.63) is 41.3 Å². The van der Waals surface area contributed by atoms with Crippen LogP contribution in [0.2, 0.25) is 0 Å². The summed E-state index contributed by atoms with van der Waals surface area (Å²) in [6, 6.07) is 5.61.